The van der Waals surface area contributed by atoms with Gasteiger partial charge in [-0.1, -0.05) is 24.3 Å². The summed E-state index contributed by atoms with van der Waals surface area (Å²) in [5, 5.41) is 11.9. The Morgan fingerprint density at radius 1 is 1.40 bits per heavy atom. The van der Waals surface area contributed by atoms with Crippen LogP contribution in [-0.2, 0) is 16.0 Å². The lowest BCUT2D eigenvalue weighted by Crippen LogP contribution is -2.40. The van der Waals surface area contributed by atoms with Crippen molar-refractivity contribution in [3.05, 3.63) is 35.4 Å². The van der Waals surface area contributed by atoms with Crippen molar-refractivity contribution < 1.29 is 14.7 Å². The molecule has 0 heterocycles. The molecular formula is C15H18N2O3. The van der Waals surface area contributed by atoms with E-state index in [0.717, 1.165) is 12.8 Å². The molecule has 2 amide bonds. The molecule has 1 saturated carbocycles. The molecule has 0 aliphatic heterocycles. The van der Waals surface area contributed by atoms with Crippen LogP contribution >= 0.6 is 0 Å². The topological polar surface area (TPSA) is 92.4 Å². The van der Waals surface area contributed by atoms with Crippen LogP contribution in [-0.4, -0.2) is 29.6 Å². The van der Waals surface area contributed by atoms with Crippen LogP contribution in [0.15, 0.2) is 24.3 Å². The Morgan fingerprint density at radius 2 is 2.15 bits per heavy atom. The zero-order chi connectivity index (χ0) is 14.3. The molecule has 0 radical (unpaired) electrons. The molecule has 5 nitrogen and oxygen atoms in total. The molecule has 2 aliphatic rings. The largest absolute Gasteiger partial charge is 0.381 e. The lowest BCUT2D eigenvalue weighted by Gasteiger charge is -2.13. The first-order valence-corrected chi connectivity index (χ1v) is 6.92. The van der Waals surface area contributed by atoms with Gasteiger partial charge in [-0.25, -0.2) is 0 Å². The van der Waals surface area contributed by atoms with Gasteiger partial charge in [0.1, 0.15) is 6.10 Å². The number of primary amides is 1. The number of hydrogen-bond donors (Lipinski definition) is 3. The predicted molar refractivity (Wildman–Crippen MR) is 72.7 cm³/mol. The zero-order valence-electron chi connectivity index (χ0n) is 11.1. The van der Waals surface area contributed by atoms with Crippen LogP contribution in [0.4, 0.5) is 0 Å². The van der Waals surface area contributed by atoms with Crippen LogP contribution in [0, 0.1) is 11.8 Å². The van der Waals surface area contributed by atoms with Gasteiger partial charge < -0.3 is 16.2 Å². The summed E-state index contributed by atoms with van der Waals surface area (Å²) in [5.41, 5.74) is 7.57. The van der Waals surface area contributed by atoms with Crippen molar-refractivity contribution in [3.8, 4) is 0 Å². The molecule has 4 atom stereocenters. The molecule has 2 aliphatic carbocycles. The maximum atomic E-state index is 12.1. The molecule has 0 saturated heterocycles. The van der Waals surface area contributed by atoms with E-state index >= 15 is 0 Å². The highest BCUT2D eigenvalue weighted by molar-refractivity contribution is 5.85. The third-order valence-electron chi connectivity index (χ3n) is 4.43. The van der Waals surface area contributed by atoms with Crippen molar-refractivity contribution in [2.45, 2.75) is 24.9 Å². The number of aliphatic hydroxyl groups is 1. The molecule has 0 aromatic heterocycles. The molecule has 106 valence electrons. The van der Waals surface area contributed by atoms with Crippen molar-refractivity contribution in [2.75, 3.05) is 6.54 Å². The van der Waals surface area contributed by atoms with Crippen LogP contribution in [0.1, 0.15) is 23.5 Å². The van der Waals surface area contributed by atoms with Gasteiger partial charge in [0.15, 0.2) is 0 Å². The summed E-state index contributed by atoms with van der Waals surface area (Å²) in [5.74, 6) is -0.235. The van der Waals surface area contributed by atoms with Gasteiger partial charge in [0, 0.05) is 5.92 Å². The first-order chi connectivity index (χ1) is 9.59. The Hall–Kier alpha value is -1.88. The molecule has 1 aromatic rings. The van der Waals surface area contributed by atoms with Crippen LogP contribution in [0.2, 0.25) is 0 Å². The highest BCUT2D eigenvalue weighted by atomic mass is 16.3. The molecule has 5 heteroatoms. The number of aliphatic hydroxyl groups excluding tert-OH is 1. The van der Waals surface area contributed by atoms with Gasteiger partial charge in [0.25, 0.3) is 0 Å². The highest BCUT2D eigenvalue weighted by Crippen LogP contribution is 2.59. The third kappa shape index (κ3) is 2.18. The second-order valence-corrected chi connectivity index (χ2v) is 5.62. The summed E-state index contributed by atoms with van der Waals surface area (Å²) in [7, 11) is 0. The molecule has 0 spiro atoms. The number of carbonyl (C=O) groups excluding carboxylic acids is 2. The fourth-order valence-corrected chi connectivity index (χ4v) is 3.34. The quantitative estimate of drug-likeness (QED) is 0.717. The molecule has 4 N–H and O–H groups in total. The number of aryl methyl sites for hydroxylation is 1. The van der Waals surface area contributed by atoms with E-state index in [0.29, 0.717) is 11.8 Å². The van der Waals surface area contributed by atoms with Crippen LogP contribution in [0.3, 0.4) is 0 Å². The van der Waals surface area contributed by atoms with E-state index < -0.39 is 12.0 Å². The molecule has 4 unspecified atom stereocenters. The van der Waals surface area contributed by atoms with Crippen LogP contribution < -0.4 is 11.1 Å². The van der Waals surface area contributed by atoms with Gasteiger partial charge in [0.05, 0.1) is 6.54 Å². The SMILES string of the molecule is NC(=O)C(O)CNC(=O)C1C2CCc3ccccc3C21. The van der Waals surface area contributed by atoms with Gasteiger partial charge in [-0.2, -0.15) is 0 Å². The maximum Gasteiger partial charge on any atom is 0.248 e. The number of rotatable bonds is 4. The Labute approximate surface area is 117 Å². The van der Waals surface area contributed by atoms with Gasteiger partial charge in [-0.3, -0.25) is 9.59 Å². The third-order valence-corrected chi connectivity index (χ3v) is 4.43. The Morgan fingerprint density at radius 3 is 2.90 bits per heavy atom. The molecule has 0 bridgehead atoms. The van der Waals surface area contributed by atoms with E-state index in [1.165, 1.54) is 11.1 Å². The molecule has 3 rings (SSSR count). The second kappa shape index (κ2) is 4.90. The van der Waals surface area contributed by atoms with Gasteiger partial charge in [-0.05, 0) is 35.8 Å². The molecular weight excluding hydrogens is 256 g/mol. The first kappa shape index (κ1) is 13.1. The minimum Gasteiger partial charge on any atom is -0.381 e. The number of amides is 2. The summed E-state index contributed by atoms with van der Waals surface area (Å²) in [4.78, 5) is 22.9. The van der Waals surface area contributed by atoms with Crippen molar-refractivity contribution in [2.24, 2.45) is 17.6 Å². The predicted octanol–water partition coefficient (Wildman–Crippen LogP) is -0.0752. The number of hydrogen-bond acceptors (Lipinski definition) is 3. The summed E-state index contributed by atoms with van der Waals surface area (Å²) < 4.78 is 0. The normalized spacial score (nSPS) is 27.9. The highest BCUT2D eigenvalue weighted by Gasteiger charge is 2.56. The van der Waals surface area contributed by atoms with Crippen molar-refractivity contribution in [3.63, 3.8) is 0 Å². The van der Waals surface area contributed by atoms with Crippen molar-refractivity contribution >= 4 is 11.8 Å². The molecule has 1 aromatic carbocycles. The van der Waals surface area contributed by atoms with Crippen LogP contribution in [0.5, 0.6) is 0 Å². The smallest absolute Gasteiger partial charge is 0.248 e. The first-order valence-electron chi connectivity index (χ1n) is 6.92. The standard InChI is InChI=1S/C15H18N2O3/c16-14(19)11(18)7-17-15(20)13-10-6-5-8-3-1-2-4-9(8)12(10)13/h1-4,10-13,18H,5-7H2,(H2,16,19)(H,17,20). The fourth-order valence-electron chi connectivity index (χ4n) is 3.34. The molecule has 20 heavy (non-hydrogen) atoms. The van der Waals surface area contributed by atoms with E-state index in [-0.39, 0.29) is 18.4 Å². The number of benzene rings is 1. The second-order valence-electron chi connectivity index (χ2n) is 5.62. The summed E-state index contributed by atoms with van der Waals surface area (Å²) in [6.45, 7) is -0.105. The van der Waals surface area contributed by atoms with E-state index in [1.54, 1.807) is 0 Å². The van der Waals surface area contributed by atoms with Crippen molar-refractivity contribution in [1.82, 2.24) is 5.32 Å². The monoisotopic (exact) mass is 274 g/mol. The van der Waals surface area contributed by atoms with Crippen LogP contribution in [0.25, 0.3) is 0 Å². The number of fused-ring (bicyclic) bond motifs is 3. The summed E-state index contributed by atoms with van der Waals surface area (Å²) in [6, 6.07) is 8.25. The van der Waals surface area contributed by atoms with Gasteiger partial charge in [-0.15, -0.1) is 0 Å². The Balaban J connectivity index is 1.64. The lowest BCUT2D eigenvalue weighted by atomic mass is 9.92. The number of carbonyl (C=O) groups is 2. The number of nitrogens with one attached hydrogen (secondary N) is 1. The number of nitrogens with two attached hydrogens (primary N) is 1. The van der Waals surface area contributed by atoms with Crippen molar-refractivity contribution in [1.29, 1.82) is 0 Å². The van der Waals surface area contributed by atoms with E-state index in [1.807, 2.05) is 12.1 Å². The zero-order valence-corrected chi connectivity index (χ0v) is 11.1. The minimum atomic E-state index is -1.31. The molecule has 1 fully saturated rings. The van der Waals surface area contributed by atoms with E-state index in [4.69, 9.17) is 5.73 Å². The Bertz CT molecular complexity index is 558. The Kier molecular flexibility index (Phi) is 3.22. The fraction of sp³-hybridized carbons (Fsp3) is 0.467. The lowest BCUT2D eigenvalue weighted by molar-refractivity contribution is -0.127. The van der Waals surface area contributed by atoms with E-state index in [9.17, 15) is 14.7 Å². The summed E-state index contributed by atoms with van der Waals surface area (Å²) >= 11 is 0. The van der Waals surface area contributed by atoms with E-state index in [2.05, 4.69) is 17.4 Å². The summed E-state index contributed by atoms with van der Waals surface area (Å²) in [6.07, 6.45) is 0.732. The van der Waals surface area contributed by atoms with Gasteiger partial charge >= 0.3 is 0 Å². The maximum absolute atomic E-state index is 12.1. The average Bonchev–Trinajstić information content (AvgIpc) is 3.19. The minimum absolute atomic E-state index is 0.0290. The van der Waals surface area contributed by atoms with Gasteiger partial charge in [0.2, 0.25) is 11.8 Å². The average molecular weight is 274 g/mol.